The van der Waals surface area contributed by atoms with Crippen LogP contribution in [-0.2, 0) is 4.79 Å². The molecule has 0 aromatic heterocycles. The number of alkyl halides is 1. The minimum absolute atomic E-state index is 0.326. The first-order chi connectivity index (χ1) is 8.31. The molecule has 0 bridgehead atoms. The van der Waals surface area contributed by atoms with E-state index in [0.717, 1.165) is 44.7 Å². The summed E-state index contributed by atoms with van der Waals surface area (Å²) in [5.74, 6) is 2.15. The molecule has 2 aliphatic rings. The molecule has 1 unspecified atom stereocenters. The molecule has 1 atom stereocenters. The summed E-state index contributed by atoms with van der Waals surface area (Å²) in [6.45, 7) is 1.93. The van der Waals surface area contributed by atoms with Gasteiger partial charge < -0.3 is 4.90 Å². The average molecular weight is 258 g/mol. The average Bonchev–Trinajstić information content (AvgIpc) is 2.64. The molecule has 1 heterocycles. The SMILES string of the molecule is O=C(C1CCCCCC1)N1CCC(CCCl)C1. The number of halogens is 1. The summed E-state index contributed by atoms with van der Waals surface area (Å²) in [5.41, 5.74) is 0. The lowest BCUT2D eigenvalue weighted by molar-refractivity contribution is -0.135. The summed E-state index contributed by atoms with van der Waals surface area (Å²) in [5, 5.41) is 0. The molecular formula is C14H24ClNO. The van der Waals surface area contributed by atoms with Gasteiger partial charge in [0, 0.05) is 24.9 Å². The Hall–Kier alpha value is -0.240. The lowest BCUT2D eigenvalue weighted by Crippen LogP contribution is -2.34. The number of carbonyl (C=O) groups is 1. The Kier molecular flexibility index (Phi) is 5.15. The van der Waals surface area contributed by atoms with Gasteiger partial charge in [0.15, 0.2) is 0 Å². The molecule has 3 heteroatoms. The molecule has 1 saturated carbocycles. The molecule has 2 nitrogen and oxygen atoms in total. The topological polar surface area (TPSA) is 20.3 Å². The monoisotopic (exact) mass is 257 g/mol. The van der Waals surface area contributed by atoms with Gasteiger partial charge in [0.05, 0.1) is 0 Å². The minimum atomic E-state index is 0.326. The van der Waals surface area contributed by atoms with Gasteiger partial charge in [-0.25, -0.2) is 0 Å². The Morgan fingerprint density at radius 1 is 1.12 bits per heavy atom. The highest BCUT2D eigenvalue weighted by Crippen LogP contribution is 2.28. The molecule has 98 valence electrons. The molecule has 1 amide bonds. The van der Waals surface area contributed by atoms with Gasteiger partial charge in [0.25, 0.3) is 0 Å². The first-order valence-electron chi connectivity index (χ1n) is 7.16. The van der Waals surface area contributed by atoms with Crippen LogP contribution in [0, 0.1) is 11.8 Å². The Morgan fingerprint density at radius 3 is 2.47 bits per heavy atom. The van der Waals surface area contributed by atoms with Crippen LogP contribution in [0.25, 0.3) is 0 Å². The highest BCUT2D eigenvalue weighted by atomic mass is 35.5. The Bertz CT molecular complexity index is 249. The molecule has 1 aliphatic carbocycles. The smallest absolute Gasteiger partial charge is 0.225 e. The van der Waals surface area contributed by atoms with Gasteiger partial charge in [0.1, 0.15) is 0 Å². The molecule has 17 heavy (non-hydrogen) atoms. The van der Waals surface area contributed by atoms with Gasteiger partial charge >= 0.3 is 0 Å². The van der Waals surface area contributed by atoms with Crippen LogP contribution in [0.3, 0.4) is 0 Å². The van der Waals surface area contributed by atoms with E-state index < -0.39 is 0 Å². The van der Waals surface area contributed by atoms with E-state index in [-0.39, 0.29) is 0 Å². The Morgan fingerprint density at radius 2 is 1.82 bits per heavy atom. The van der Waals surface area contributed by atoms with Gasteiger partial charge in [-0.2, -0.15) is 0 Å². The number of hydrogen-bond acceptors (Lipinski definition) is 1. The van der Waals surface area contributed by atoms with E-state index in [1.165, 1.54) is 25.7 Å². The molecule has 0 N–H and O–H groups in total. The van der Waals surface area contributed by atoms with Crippen molar-refractivity contribution in [3.63, 3.8) is 0 Å². The Balaban J connectivity index is 1.83. The summed E-state index contributed by atoms with van der Waals surface area (Å²) in [7, 11) is 0. The maximum absolute atomic E-state index is 12.4. The van der Waals surface area contributed by atoms with E-state index in [9.17, 15) is 4.79 Å². The van der Waals surface area contributed by atoms with Crippen molar-refractivity contribution in [3.05, 3.63) is 0 Å². The zero-order valence-electron chi connectivity index (χ0n) is 10.7. The molecule has 2 fully saturated rings. The molecule has 0 spiro atoms. The number of carbonyl (C=O) groups excluding carboxylic acids is 1. The van der Waals surface area contributed by atoms with Crippen LogP contribution in [0.15, 0.2) is 0 Å². The normalized spacial score (nSPS) is 27.1. The second-order valence-corrected chi connectivity index (χ2v) is 5.98. The highest BCUT2D eigenvalue weighted by Gasteiger charge is 2.30. The predicted octanol–water partition coefficient (Wildman–Crippen LogP) is 3.43. The molecule has 0 aromatic rings. The standard InChI is InChI=1S/C14H24ClNO/c15-9-7-12-8-10-16(11-12)14(17)13-5-3-1-2-4-6-13/h12-13H,1-11H2. The largest absolute Gasteiger partial charge is 0.342 e. The van der Waals surface area contributed by atoms with Crippen LogP contribution in [-0.4, -0.2) is 29.8 Å². The number of amides is 1. The van der Waals surface area contributed by atoms with Gasteiger partial charge in [-0.3, -0.25) is 4.79 Å². The van der Waals surface area contributed by atoms with Crippen molar-refractivity contribution in [2.45, 2.75) is 51.4 Å². The van der Waals surface area contributed by atoms with E-state index in [0.29, 0.717) is 17.7 Å². The van der Waals surface area contributed by atoms with Crippen LogP contribution in [0.4, 0.5) is 0 Å². The maximum atomic E-state index is 12.4. The number of likely N-dealkylation sites (tertiary alicyclic amines) is 1. The third-order valence-electron chi connectivity index (χ3n) is 4.32. The molecular weight excluding hydrogens is 234 g/mol. The van der Waals surface area contributed by atoms with Crippen molar-refractivity contribution in [2.24, 2.45) is 11.8 Å². The van der Waals surface area contributed by atoms with Crippen LogP contribution < -0.4 is 0 Å². The number of nitrogens with zero attached hydrogens (tertiary/aromatic N) is 1. The van der Waals surface area contributed by atoms with Crippen molar-refractivity contribution in [3.8, 4) is 0 Å². The first-order valence-corrected chi connectivity index (χ1v) is 7.69. The van der Waals surface area contributed by atoms with Crippen LogP contribution in [0.1, 0.15) is 51.4 Å². The van der Waals surface area contributed by atoms with E-state index in [2.05, 4.69) is 4.90 Å². The maximum Gasteiger partial charge on any atom is 0.225 e. The lowest BCUT2D eigenvalue weighted by Gasteiger charge is -2.22. The van der Waals surface area contributed by atoms with Gasteiger partial charge in [-0.05, 0) is 31.6 Å². The van der Waals surface area contributed by atoms with E-state index in [1.54, 1.807) is 0 Å². The second-order valence-electron chi connectivity index (χ2n) is 5.61. The van der Waals surface area contributed by atoms with Gasteiger partial charge in [0.2, 0.25) is 5.91 Å². The molecule has 1 aliphatic heterocycles. The summed E-state index contributed by atoms with van der Waals surface area (Å²) < 4.78 is 0. The molecule has 0 aromatic carbocycles. The summed E-state index contributed by atoms with van der Waals surface area (Å²) in [4.78, 5) is 14.5. The molecule has 1 saturated heterocycles. The highest BCUT2D eigenvalue weighted by molar-refractivity contribution is 6.17. The first kappa shape index (κ1) is 13.2. The zero-order chi connectivity index (χ0) is 12.1. The van der Waals surface area contributed by atoms with E-state index >= 15 is 0 Å². The summed E-state index contributed by atoms with van der Waals surface area (Å²) >= 11 is 5.78. The summed E-state index contributed by atoms with van der Waals surface area (Å²) in [6, 6.07) is 0. The third-order valence-corrected chi connectivity index (χ3v) is 4.54. The Labute approximate surface area is 110 Å². The minimum Gasteiger partial charge on any atom is -0.342 e. The molecule has 2 rings (SSSR count). The fourth-order valence-corrected chi connectivity index (χ4v) is 3.52. The quantitative estimate of drug-likeness (QED) is 0.560. The van der Waals surface area contributed by atoms with Gasteiger partial charge in [-0.1, -0.05) is 25.7 Å². The van der Waals surface area contributed by atoms with Crippen LogP contribution in [0.5, 0.6) is 0 Å². The fraction of sp³-hybridized carbons (Fsp3) is 0.929. The van der Waals surface area contributed by atoms with Crippen LogP contribution >= 0.6 is 11.6 Å². The van der Waals surface area contributed by atoms with Crippen molar-refractivity contribution >= 4 is 17.5 Å². The van der Waals surface area contributed by atoms with Crippen molar-refractivity contribution in [1.29, 1.82) is 0 Å². The summed E-state index contributed by atoms with van der Waals surface area (Å²) in [6.07, 6.45) is 9.59. The van der Waals surface area contributed by atoms with Crippen LogP contribution in [0.2, 0.25) is 0 Å². The lowest BCUT2D eigenvalue weighted by atomic mass is 9.99. The van der Waals surface area contributed by atoms with E-state index in [4.69, 9.17) is 11.6 Å². The van der Waals surface area contributed by atoms with Crippen molar-refractivity contribution in [1.82, 2.24) is 4.90 Å². The predicted molar refractivity (Wildman–Crippen MR) is 71.2 cm³/mol. The van der Waals surface area contributed by atoms with Crippen molar-refractivity contribution in [2.75, 3.05) is 19.0 Å². The van der Waals surface area contributed by atoms with E-state index in [1.807, 2.05) is 0 Å². The second kappa shape index (κ2) is 6.63. The fourth-order valence-electron chi connectivity index (χ4n) is 3.21. The molecule has 0 radical (unpaired) electrons. The third kappa shape index (κ3) is 3.61. The zero-order valence-corrected chi connectivity index (χ0v) is 11.4. The van der Waals surface area contributed by atoms with Crippen molar-refractivity contribution < 1.29 is 4.79 Å². The number of hydrogen-bond donors (Lipinski definition) is 0. The van der Waals surface area contributed by atoms with Gasteiger partial charge in [-0.15, -0.1) is 11.6 Å². The number of rotatable bonds is 3.